The predicted octanol–water partition coefficient (Wildman–Crippen LogP) is 3.69. The molecule has 2 saturated heterocycles. The quantitative estimate of drug-likeness (QED) is 0.599. The van der Waals surface area contributed by atoms with Gasteiger partial charge in [0.05, 0.1) is 41.7 Å². The number of fused-ring (bicyclic) bond motifs is 1. The molecule has 8 nitrogen and oxygen atoms in total. The molecular formula is C26H31N5O3. The first-order chi connectivity index (χ1) is 16.6. The van der Waals surface area contributed by atoms with Crippen LogP contribution in [0.4, 0.5) is 5.69 Å². The van der Waals surface area contributed by atoms with Crippen LogP contribution in [-0.4, -0.2) is 76.2 Å². The highest BCUT2D eigenvalue weighted by molar-refractivity contribution is 5.98. The Morgan fingerprint density at radius 1 is 1.09 bits per heavy atom. The van der Waals surface area contributed by atoms with Crippen LogP contribution in [0.15, 0.2) is 36.4 Å². The largest absolute Gasteiger partial charge is 0.477 e. The number of hydrogen-bond donors (Lipinski definition) is 1. The van der Waals surface area contributed by atoms with Gasteiger partial charge in [0.2, 0.25) is 0 Å². The van der Waals surface area contributed by atoms with E-state index in [0.717, 1.165) is 74.4 Å². The highest BCUT2D eigenvalue weighted by Gasteiger charge is 2.34. The van der Waals surface area contributed by atoms with E-state index in [1.54, 1.807) is 6.07 Å². The average Bonchev–Trinajstić information content (AvgIpc) is 3.16. The number of para-hydroxylation sites is 1. The van der Waals surface area contributed by atoms with Crippen LogP contribution >= 0.6 is 0 Å². The Hall–Kier alpha value is -2.97. The lowest BCUT2D eigenvalue weighted by molar-refractivity contribution is -0.0718. The molecule has 2 aromatic heterocycles. The molecular weight excluding hydrogens is 430 g/mol. The van der Waals surface area contributed by atoms with Crippen LogP contribution in [0.1, 0.15) is 54.2 Å². The number of anilines is 1. The fourth-order valence-electron chi connectivity index (χ4n) is 5.47. The van der Waals surface area contributed by atoms with Crippen molar-refractivity contribution in [2.45, 2.75) is 50.1 Å². The zero-order valence-electron chi connectivity index (χ0n) is 19.6. The van der Waals surface area contributed by atoms with Gasteiger partial charge in [-0.05, 0) is 50.9 Å². The molecule has 0 spiro atoms. The van der Waals surface area contributed by atoms with E-state index in [4.69, 9.17) is 9.84 Å². The lowest BCUT2D eigenvalue weighted by atomic mass is 9.82. The molecule has 0 unspecified atom stereocenters. The number of aromatic nitrogens is 3. The van der Waals surface area contributed by atoms with Crippen molar-refractivity contribution in [2.75, 3.05) is 38.3 Å². The summed E-state index contributed by atoms with van der Waals surface area (Å²) in [7, 11) is 2.21. The second-order valence-electron chi connectivity index (χ2n) is 9.87. The predicted molar refractivity (Wildman–Crippen MR) is 130 cm³/mol. The number of carboxylic acid groups (broad SMARTS) is 1. The van der Waals surface area contributed by atoms with Gasteiger partial charge in [0.1, 0.15) is 0 Å². The van der Waals surface area contributed by atoms with E-state index < -0.39 is 5.97 Å². The first-order valence-electron chi connectivity index (χ1n) is 12.4. The van der Waals surface area contributed by atoms with Crippen molar-refractivity contribution < 1.29 is 14.6 Å². The normalized spacial score (nSPS) is 20.0. The fraction of sp³-hybridized carbons (Fsp3) is 0.500. The Kier molecular flexibility index (Phi) is 5.50. The molecule has 0 amide bonds. The molecule has 6 rings (SSSR count). The van der Waals surface area contributed by atoms with Gasteiger partial charge in [-0.1, -0.05) is 24.6 Å². The van der Waals surface area contributed by atoms with E-state index >= 15 is 0 Å². The van der Waals surface area contributed by atoms with Crippen LogP contribution in [0.25, 0.3) is 16.7 Å². The monoisotopic (exact) mass is 461 g/mol. The highest BCUT2D eigenvalue weighted by atomic mass is 16.5. The molecule has 34 heavy (non-hydrogen) atoms. The summed E-state index contributed by atoms with van der Waals surface area (Å²) in [4.78, 5) is 21.5. The molecule has 8 heteroatoms. The Bertz CT molecular complexity index is 1190. The Morgan fingerprint density at radius 3 is 2.41 bits per heavy atom. The van der Waals surface area contributed by atoms with Crippen molar-refractivity contribution >= 4 is 22.7 Å². The number of hydrogen-bond acceptors (Lipinski definition) is 6. The maximum Gasteiger partial charge on any atom is 0.354 e. The smallest absolute Gasteiger partial charge is 0.354 e. The molecule has 4 heterocycles. The van der Waals surface area contributed by atoms with Crippen molar-refractivity contribution in [3.8, 4) is 5.69 Å². The summed E-state index contributed by atoms with van der Waals surface area (Å²) < 4.78 is 7.23. The molecule has 3 aliphatic rings. The first kappa shape index (κ1) is 21.6. The van der Waals surface area contributed by atoms with Gasteiger partial charge in [0, 0.05) is 25.0 Å². The summed E-state index contributed by atoms with van der Waals surface area (Å²) >= 11 is 0. The topological polar surface area (TPSA) is 83.7 Å². The molecule has 1 aromatic carbocycles. The summed E-state index contributed by atoms with van der Waals surface area (Å²) in [5, 5.41) is 15.9. The van der Waals surface area contributed by atoms with Crippen LogP contribution < -0.4 is 4.90 Å². The Balaban J connectivity index is 1.42. The molecule has 2 aliphatic heterocycles. The van der Waals surface area contributed by atoms with Gasteiger partial charge in [-0.3, -0.25) is 4.90 Å². The fourth-order valence-corrected chi connectivity index (χ4v) is 5.47. The maximum absolute atomic E-state index is 12.1. The van der Waals surface area contributed by atoms with E-state index in [1.165, 1.54) is 6.42 Å². The van der Waals surface area contributed by atoms with Crippen LogP contribution in [0.2, 0.25) is 0 Å². The number of ether oxygens (including phenoxy) is 1. The van der Waals surface area contributed by atoms with Crippen molar-refractivity contribution in [1.82, 2.24) is 19.7 Å². The summed E-state index contributed by atoms with van der Waals surface area (Å²) in [6.07, 6.45) is 5.55. The zero-order valence-corrected chi connectivity index (χ0v) is 19.6. The van der Waals surface area contributed by atoms with Gasteiger partial charge < -0.3 is 14.7 Å². The molecule has 178 valence electrons. The zero-order chi connectivity index (χ0) is 23.2. The molecule has 1 aliphatic carbocycles. The van der Waals surface area contributed by atoms with Crippen molar-refractivity contribution in [1.29, 1.82) is 0 Å². The minimum atomic E-state index is -1.01. The molecule has 3 aromatic rings. The third kappa shape index (κ3) is 3.65. The summed E-state index contributed by atoms with van der Waals surface area (Å²) in [6.45, 7) is 3.43. The molecule has 0 bridgehead atoms. The van der Waals surface area contributed by atoms with Gasteiger partial charge in [-0.2, -0.15) is 5.10 Å². The van der Waals surface area contributed by atoms with Gasteiger partial charge in [-0.15, -0.1) is 0 Å². The minimum Gasteiger partial charge on any atom is -0.477 e. The number of rotatable bonds is 6. The van der Waals surface area contributed by atoms with Crippen LogP contribution in [-0.2, 0) is 4.74 Å². The van der Waals surface area contributed by atoms with Crippen LogP contribution in [0.3, 0.4) is 0 Å². The SMILES string of the molecule is CN(C1CCN(c2cc(C(=O)O)nc3c2c(C2CCC2)nn3-c2ccccc2)CC1)C1COC1. The third-order valence-corrected chi connectivity index (χ3v) is 7.93. The second-order valence-corrected chi connectivity index (χ2v) is 9.87. The summed E-state index contributed by atoms with van der Waals surface area (Å²) in [5.41, 5.74) is 3.66. The van der Waals surface area contributed by atoms with Gasteiger partial charge in [-0.25, -0.2) is 14.5 Å². The highest BCUT2D eigenvalue weighted by Crippen LogP contribution is 2.43. The third-order valence-electron chi connectivity index (χ3n) is 7.93. The number of likely N-dealkylation sites (N-methyl/N-ethyl adjacent to an activating group) is 1. The standard InChI is InChI=1S/C26H31N5O3/c1-29(20-15-34-16-20)18-10-12-30(13-11-18)22-14-21(26(32)33)27-25-23(22)24(17-6-5-7-17)28-31(25)19-8-3-2-4-9-19/h2-4,8-9,14,17-18,20H,5-7,10-13,15-16H2,1H3,(H,32,33). The number of carbonyl (C=O) groups is 1. The maximum atomic E-state index is 12.1. The van der Waals surface area contributed by atoms with Crippen LogP contribution in [0, 0.1) is 0 Å². The number of carboxylic acids is 1. The van der Waals surface area contributed by atoms with E-state index in [1.807, 2.05) is 35.0 Å². The molecule has 0 atom stereocenters. The number of nitrogens with zero attached hydrogens (tertiary/aromatic N) is 5. The van der Waals surface area contributed by atoms with E-state index in [-0.39, 0.29) is 5.69 Å². The van der Waals surface area contributed by atoms with Gasteiger partial charge in [0.15, 0.2) is 11.3 Å². The first-order valence-corrected chi connectivity index (χ1v) is 12.4. The minimum absolute atomic E-state index is 0.0746. The van der Waals surface area contributed by atoms with Gasteiger partial charge >= 0.3 is 5.97 Å². The van der Waals surface area contributed by atoms with E-state index in [2.05, 4.69) is 21.8 Å². The van der Waals surface area contributed by atoms with Crippen molar-refractivity contribution in [3.05, 3.63) is 47.8 Å². The summed E-state index contributed by atoms with van der Waals surface area (Å²) in [6, 6.07) is 12.7. The Morgan fingerprint density at radius 2 is 1.82 bits per heavy atom. The van der Waals surface area contributed by atoms with Crippen molar-refractivity contribution in [3.63, 3.8) is 0 Å². The van der Waals surface area contributed by atoms with Gasteiger partial charge in [0.25, 0.3) is 0 Å². The number of pyridine rings is 1. The lowest BCUT2D eigenvalue weighted by Crippen LogP contribution is -2.54. The van der Waals surface area contributed by atoms with Crippen LogP contribution in [0.5, 0.6) is 0 Å². The number of piperidine rings is 1. The van der Waals surface area contributed by atoms with E-state index in [0.29, 0.717) is 23.6 Å². The second kappa shape index (κ2) is 8.67. The Labute approximate surface area is 199 Å². The number of benzene rings is 1. The molecule has 1 N–H and O–H groups in total. The van der Waals surface area contributed by atoms with E-state index in [9.17, 15) is 9.90 Å². The van der Waals surface area contributed by atoms with Crippen molar-refractivity contribution in [2.24, 2.45) is 0 Å². The average molecular weight is 462 g/mol. The number of aromatic carboxylic acids is 1. The summed E-state index contributed by atoms with van der Waals surface area (Å²) in [5.74, 6) is -0.597. The molecule has 1 saturated carbocycles. The molecule has 3 fully saturated rings. The molecule has 0 radical (unpaired) electrons. The lowest BCUT2D eigenvalue weighted by Gasteiger charge is -2.43.